The number of rotatable bonds is 3. The lowest BCUT2D eigenvalue weighted by Crippen LogP contribution is -2.13. The number of benzene rings is 2. The molecule has 0 N–H and O–H groups in total. The molecule has 1 amide bonds. The lowest BCUT2D eigenvalue weighted by atomic mass is 10.1. The van der Waals surface area contributed by atoms with Gasteiger partial charge in [0.05, 0.1) is 10.2 Å². The highest BCUT2D eigenvalue weighted by molar-refractivity contribution is 7.99. The topological polar surface area (TPSA) is 34.4 Å². The molecule has 0 aliphatic carbocycles. The van der Waals surface area contributed by atoms with Gasteiger partial charge >= 0.3 is 0 Å². The minimum Gasteiger partial charge on any atom is -0.319 e. The van der Waals surface area contributed by atoms with Gasteiger partial charge in [-0.05, 0) is 43.2 Å². The van der Waals surface area contributed by atoms with Crippen LogP contribution in [0.15, 0.2) is 46.3 Å². The Labute approximate surface area is 156 Å². The normalized spacial score (nSPS) is 12.3. The third-order valence-corrected chi connectivity index (χ3v) is 6.26. The van der Waals surface area contributed by atoms with Crippen LogP contribution in [0.1, 0.15) is 35.3 Å². The van der Waals surface area contributed by atoms with Gasteiger partial charge in [0.2, 0.25) is 0 Å². The Bertz CT molecular complexity index is 1010. The maximum absolute atomic E-state index is 12.7. The molecule has 0 unspecified atom stereocenters. The van der Waals surface area contributed by atoms with Gasteiger partial charge in [0.15, 0.2) is 4.80 Å². The number of hydrogen-bond acceptors (Lipinski definition) is 3. The van der Waals surface area contributed by atoms with E-state index in [1.54, 1.807) is 23.1 Å². The van der Waals surface area contributed by atoms with Crippen LogP contribution in [0, 0.1) is 13.8 Å². The minimum absolute atomic E-state index is 0.191. The van der Waals surface area contributed by atoms with Crippen molar-refractivity contribution in [2.24, 2.45) is 12.0 Å². The van der Waals surface area contributed by atoms with Crippen LogP contribution in [0.4, 0.5) is 0 Å². The number of hydrogen-bond donors (Lipinski definition) is 0. The van der Waals surface area contributed by atoms with Crippen molar-refractivity contribution in [2.75, 3.05) is 0 Å². The highest BCUT2D eigenvalue weighted by Crippen LogP contribution is 2.25. The molecule has 2 aromatic carbocycles. The molecule has 1 aromatic heterocycles. The summed E-state index contributed by atoms with van der Waals surface area (Å²) in [5.41, 5.74) is 4.20. The van der Waals surface area contributed by atoms with E-state index < -0.39 is 0 Å². The van der Waals surface area contributed by atoms with Crippen LogP contribution < -0.4 is 4.80 Å². The maximum atomic E-state index is 12.7. The average molecular weight is 371 g/mol. The Balaban J connectivity index is 2.05. The van der Waals surface area contributed by atoms with Gasteiger partial charge in [0.1, 0.15) is 0 Å². The third kappa shape index (κ3) is 3.72. The summed E-state index contributed by atoms with van der Waals surface area (Å²) in [5.74, 6) is -0.191. The molecule has 0 radical (unpaired) electrons. The first-order chi connectivity index (χ1) is 11.9. The summed E-state index contributed by atoms with van der Waals surface area (Å²) in [6.45, 7) is 8.47. The van der Waals surface area contributed by atoms with Crippen molar-refractivity contribution in [1.29, 1.82) is 0 Å². The van der Waals surface area contributed by atoms with Crippen molar-refractivity contribution in [3.05, 3.63) is 57.9 Å². The van der Waals surface area contributed by atoms with Gasteiger partial charge in [0, 0.05) is 22.8 Å². The molecule has 0 saturated carbocycles. The molecule has 25 heavy (non-hydrogen) atoms. The van der Waals surface area contributed by atoms with E-state index in [2.05, 4.69) is 44.8 Å². The molecule has 5 heteroatoms. The van der Waals surface area contributed by atoms with E-state index in [1.807, 2.05) is 35.9 Å². The maximum Gasteiger partial charge on any atom is 0.279 e. The Morgan fingerprint density at radius 2 is 1.88 bits per heavy atom. The average Bonchev–Trinajstić information content (AvgIpc) is 2.89. The van der Waals surface area contributed by atoms with Crippen LogP contribution in [-0.2, 0) is 7.05 Å². The van der Waals surface area contributed by atoms with Gasteiger partial charge in [-0.25, -0.2) is 0 Å². The largest absolute Gasteiger partial charge is 0.319 e. The van der Waals surface area contributed by atoms with Gasteiger partial charge in [-0.2, -0.15) is 4.99 Å². The second kappa shape index (κ2) is 7.18. The van der Waals surface area contributed by atoms with Crippen LogP contribution in [0.2, 0.25) is 0 Å². The summed E-state index contributed by atoms with van der Waals surface area (Å²) in [5, 5.41) is 0.480. The number of aromatic nitrogens is 1. The first-order valence-electron chi connectivity index (χ1n) is 8.28. The number of carbonyl (C=O) groups excluding carboxylic acids is 1. The number of aryl methyl sites for hydroxylation is 3. The van der Waals surface area contributed by atoms with Crippen molar-refractivity contribution in [3.8, 4) is 0 Å². The molecule has 1 heterocycles. The SMILES string of the molecule is Cc1ccc(C)c2c1sc(=NC(=O)c1cccc(SC(C)C)c1)n2C. The van der Waals surface area contributed by atoms with Gasteiger partial charge < -0.3 is 4.57 Å². The fourth-order valence-electron chi connectivity index (χ4n) is 2.80. The third-order valence-electron chi connectivity index (χ3n) is 4.00. The molecule has 0 aliphatic heterocycles. The van der Waals surface area contributed by atoms with E-state index in [0.29, 0.717) is 10.8 Å². The number of nitrogens with zero attached hydrogens (tertiary/aromatic N) is 2. The first-order valence-corrected chi connectivity index (χ1v) is 9.98. The van der Waals surface area contributed by atoms with E-state index in [9.17, 15) is 4.79 Å². The lowest BCUT2D eigenvalue weighted by Gasteiger charge is -2.05. The van der Waals surface area contributed by atoms with E-state index in [4.69, 9.17) is 0 Å². The van der Waals surface area contributed by atoms with Gasteiger partial charge in [-0.1, -0.05) is 43.4 Å². The zero-order valence-electron chi connectivity index (χ0n) is 15.2. The van der Waals surface area contributed by atoms with Crippen molar-refractivity contribution >= 4 is 39.2 Å². The van der Waals surface area contributed by atoms with Crippen LogP contribution in [0.25, 0.3) is 10.2 Å². The Morgan fingerprint density at radius 3 is 2.56 bits per heavy atom. The summed E-state index contributed by atoms with van der Waals surface area (Å²) in [7, 11) is 1.97. The predicted molar refractivity (Wildman–Crippen MR) is 108 cm³/mol. The van der Waals surface area contributed by atoms with Crippen molar-refractivity contribution < 1.29 is 4.79 Å². The van der Waals surface area contributed by atoms with Crippen LogP contribution in [0.3, 0.4) is 0 Å². The molecule has 0 bridgehead atoms. The second-order valence-electron chi connectivity index (χ2n) is 6.43. The van der Waals surface area contributed by atoms with Crippen molar-refractivity contribution in [2.45, 2.75) is 37.8 Å². The quantitative estimate of drug-likeness (QED) is 0.601. The number of thioether (sulfide) groups is 1. The monoisotopic (exact) mass is 370 g/mol. The zero-order valence-corrected chi connectivity index (χ0v) is 16.8. The summed E-state index contributed by atoms with van der Waals surface area (Å²) < 4.78 is 3.21. The van der Waals surface area contributed by atoms with Crippen LogP contribution in [0.5, 0.6) is 0 Å². The number of amides is 1. The Hall–Kier alpha value is -1.85. The van der Waals surface area contributed by atoms with Crippen LogP contribution >= 0.6 is 23.1 Å². The predicted octanol–water partition coefficient (Wildman–Crippen LogP) is 5.10. The highest BCUT2D eigenvalue weighted by atomic mass is 32.2. The molecule has 0 atom stereocenters. The smallest absolute Gasteiger partial charge is 0.279 e. The fraction of sp³-hybridized carbons (Fsp3) is 0.300. The summed E-state index contributed by atoms with van der Waals surface area (Å²) in [4.78, 5) is 18.9. The van der Waals surface area contributed by atoms with E-state index in [0.717, 1.165) is 15.2 Å². The molecule has 0 fully saturated rings. The van der Waals surface area contributed by atoms with E-state index >= 15 is 0 Å². The molecule has 3 rings (SSSR count). The Kier molecular flexibility index (Phi) is 5.16. The number of carbonyl (C=O) groups is 1. The van der Waals surface area contributed by atoms with Gasteiger partial charge in [-0.15, -0.1) is 11.8 Å². The Morgan fingerprint density at radius 1 is 1.16 bits per heavy atom. The molecule has 0 spiro atoms. The molecular formula is C20H22N2OS2. The molecule has 130 valence electrons. The number of fused-ring (bicyclic) bond motifs is 1. The molecule has 3 nitrogen and oxygen atoms in total. The zero-order chi connectivity index (χ0) is 18.1. The summed E-state index contributed by atoms with van der Waals surface area (Å²) in [6, 6.07) is 12.0. The molecule has 3 aromatic rings. The first kappa shape index (κ1) is 18.0. The molecule has 0 saturated heterocycles. The van der Waals surface area contributed by atoms with Crippen molar-refractivity contribution in [1.82, 2.24) is 4.57 Å². The van der Waals surface area contributed by atoms with E-state index in [-0.39, 0.29) is 5.91 Å². The summed E-state index contributed by atoms with van der Waals surface area (Å²) >= 11 is 3.32. The highest BCUT2D eigenvalue weighted by Gasteiger charge is 2.11. The fourth-order valence-corrected chi connectivity index (χ4v) is 4.85. The molecule has 0 aliphatic rings. The number of thiazole rings is 1. The van der Waals surface area contributed by atoms with Gasteiger partial charge in [-0.3, -0.25) is 4.79 Å². The minimum atomic E-state index is -0.191. The summed E-state index contributed by atoms with van der Waals surface area (Å²) in [6.07, 6.45) is 0. The standard InChI is InChI=1S/C20H22N2OS2/c1-12(2)24-16-8-6-7-15(11-16)19(23)21-20-22(5)17-13(3)9-10-14(4)18(17)25-20/h6-12H,1-5H3. The van der Waals surface area contributed by atoms with Crippen molar-refractivity contribution in [3.63, 3.8) is 0 Å². The van der Waals surface area contributed by atoms with E-state index in [1.165, 1.54) is 15.8 Å². The lowest BCUT2D eigenvalue weighted by molar-refractivity contribution is 0.0997. The molecular weight excluding hydrogens is 348 g/mol. The van der Waals surface area contributed by atoms with Gasteiger partial charge in [0.25, 0.3) is 5.91 Å². The van der Waals surface area contributed by atoms with Crippen LogP contribution in [-0.4, -0.2) is 15.7 Å². The second-order valence-corrected chi connectivity index (χ2v) is 9.06.